The van der Waals surface area contributed by atoms with E-state index >= 15 is 0 Å². The zero-order valence-electron chi connectivity index (χ0n) is 15.4. The molecule has 1 N–H and O–H groups in total. The van der Waals surface area contributed by atoms with Crippen molar-refractivity contribution in [2.24, 2.45) is 7.05 Å². The molecule has 0 aliphatic carbocycles. The van der Waals surface area contributed by atoms with Crippen molar-refractivity contribution in [2.45, 2.75) is 18.1 Å². The summed E-state index contributed by atoms with van der Waals surface area (Å²) in [5.41, 5.74) is 0.595. The number of benzene rings is 1. The monoisotopic (exact) mass is 389 g/mol. The molecular formula is C18H23N5O3S. The summed E-state index contributed by atoms with van der Waals surface area (Å²) in [5, 5.41) is 11.9. The number of thioether (sulfide) groups is 1. The molecule has 9 heteroatoms. The summed E-state index contributed by atoms with van der Waals surface area (Å²) in [6.45, 7) is 4.29. The minimum atomic E-state index is -0.306. The lowest BCUT2D eigenvalue weighted by atomic mass is 10.2. The van der Waals surface area contributed by atoms with Crippen LogP contribution in [0.3, 0.4) is 0 Å². The number of ether oxygens (including phenoxy) is 1. The van der Waals surface area contributed by atoms with Gasteiger partial charge in [-0.05, 0) is 19.1 Å². The highest BCUT2D eigenvalue weighted by atomic mass is 32.2. The van der Waals surface area contributed by atoms with E-state index in [4.69, 9.17) is 4.74 Å². The van der Waals surface area contributed by atoms with E-state index in [1.165, 1.54) is 11.8 Å². The number of hydrogen-bond donors (Lipinski definition) is 1. The summed E-state index contributed by atoms with van der Waals surface area (Å²) >= 11 is 1.35. The van der Waals surface area contributed by atoms with Gasteiger partial charge < -0.3 is 19.5 Å². The summed E-state index contributed by atoms with van der Waals surface area (Å²) in [4.78, 5) is 26.4. The molecule has 0 bridgehead atoms. The van der Waals surface area contributed by atoms with E-state index in [9.17, 15) is 9.59 Å². The van der Waals surface area contributed by atoms with Gasteiger partial charge in [-0.3, -0.25) is 9.59 Å². The fourth-order valence-corrected chi connectivity index (χ4v) is 3.61. The first kappa shape index (κ1) is 19.4. The molecule has 2 aromatic rings. The van der Waals surface area contributed by atoms with E-state index in [0.717, 1.165) is 0 Å². The Hall–Kier alpha value is -2.39. The molecular weight excluding hydrogens is 366 g/mol. The largest absolute Gasteiger partial charge is 0.378 e. The quantitative estimate of drug-likeness (QED) is 0.748. The minimum absolute atomic E-state index is 0.0679. The molecule has 1 atom stereocenters. The average Bonchev–Trinajstić information content (AvgIpc) is 3.08. The SMILES string of the molecule is C[C@H](NC(=O)c1ccccc1)c1nnc(SCC(=O)N2CCOCC2)n1C. The third-order valence-corrected chi connectivity index (χ3v) is 5.33. The van der Waals surface area contributed by atoms with Crippen molar-refractivity contribution in [1.82, 2.24) is 25.0 Å². The lowest BCUT2D eigenvalue weighted by Gasteiger charge is -2.26. The fraction of sp³-hybridized carbons (Fsp3) is 0.444. The summed E-state index contributed by atoms with van der Waals surface area (Å²) in [7, 11) is 1.84. The number of rotatable bonds is 6. The molecule has 2 amide bonds. The van der Waals surface area contributed by atoms with Gasteiger partial charge in [-0.25, -0.2) is 0 Å². The van der Waals surface area contributed by atoms with E-state index in [-0.39, 0.29) is 17.9 Å². The Labute approximate surface area is 162 Å². The number of carbonyl (C=O) groups excluding carboxylic acids is 2. The molecule has 1 aromatic carbocycles. The topological polar surface area (TPSA) is 89.3 Å². The molecule has 0 radical (unpaired) electrons. The Morgan fingerprint density at radius 3 is 2.63 bits per heavy atom. The van der Waals surface area contributed by atoms with Crippen LogP contribution in [-0.2, 0) is 16.6 Å². The Morgan fingerprint density at radius 2 is 1.93 bits per heavy atom. The molecule has 27 heavy (non-hydrogen) atoms. The van der Waals surface area contributed by atoms with Gasteiger partial charge in [-0.15, -0.1) is 10.2 Å². The van der Waals surface area contributed by atoms with Crippen molar-refractivity contribution < 1.29 is 14.3 Å². The average molecular weight is 389 g/mol. The highest BCUT2D eigenvalue weighted by molar-refractivity contribution is 7.99. The van der Waals surface area contributed by atoms with Crippen LogP contribution in [0, 0.1) is 0 Å². The number of aromatic nitrogens is 3. The molecule has 3 rings (SSSR count). The fourth-order valence-electron chi connectivity index (χ4n) is 2.79. The Morgan fingerprint density at radius 1 is 1.22 bits per heavy atom. The molecule has 8 nitrogen and oxygen atoms in total. The number of morpholine rings is 1. The maximum absolute atomic E-state index is 12.3. The van der Waals surface area contributed by atoms with Crippen molar-refractivity contribution >= 4 is 23.6 Å². The normalized spacial score (nSPS) is 15.4. The Balaban J connectivity index is 1.57. The molecule has 144 valence electrons. The van der Waals surface area contributed by atoms with Crippen LogP contribution in [-0.4, -0.2) is 63.5 Å². The molecule has 0 saturated carbocycles. The van der Waals surface area contributed by atoms with Gasteiger partial charge in [0, 0.05) is 25.7 Å². The first-order valence-corrected chi connectivity index (χ1v) is 9.78. The number of hydrogen-bond acceptors (Lipinski definition) is 6. The highest BCUT2D eigenvalue weighted by Gasteiger charge is 2.21. The number of amides is 2. The predicted molar refractivity (Wildman–Crippen MR) is 101 cm³/mol. The van der Waals surface area contributed by atoms with Crippen molar-refractivity contribution in [2.75, 3.05) is 32.1 Å². The second-order valence-electron chi connectivity index (χ2n) is 6.24. The van der Waals surface area contributed by atoms with E-state index < -0.39 is 0 Å². The van der Waals surface area contributed by atoms with Gasteiger partial charge in [0.15, 0.2) is 11.0 Å². The second kappa shape index (κ2) is 9.01. The van der Waals surface area contributed by atoms with Crippen LogP contribution in [0.2, 0.25) is 0 Å². The molecule has 1 aliphatic rings. The van der Waals surface area contributed by atoms with E-state index in [1.807, 2.05) is 36.7 Å². The first-order chi connectivity index (χ1) is 13.1. The summed E-state index contributed by atoms with van der Waals surface area (Å²) in [6.07, 6.45) is 0. The zero-order chi connectivity index (χ0) is 19.2. The molecule has 1 aromatic heterocycles. The van der Waals surface area contributed by atoms with Gasteiger partial charge in [0.05, 0.1) is 25.0 Å². The summed E-state index contributed by atoms with van der Waals surface area (Å²) < 4.78 is 7.08. The molecule has 0 spiro atoms. The third kappa shape index (κ3) is 4.86. The smallest absolute Gasteiger partial charge is 0.251 e. The maximum Gasteiger partial charge on any atom is 0.251 e. The standard InChI is InChI=1S/C18H23N5O3S/c1-13(19-17(25)14-6-4-3-5-7-14)16-20-21-18(22(16)2)27-12-15(24)23-8-10-26-11-9-23/h3-7,13H,8-12H2,1-2H3,(H,19,25)/t13-/m0/s1. The zero-order valence-corrected chi connectivity index (χ0v) is 16.2. The second-order valence-corrected chi connectivity index (χ2v) is 7.19. The minimum Gasteiger partial charge on any atom is -0.378 e. The van der Waals surface area contributed by atoms with Gasteiger partial charge in [0.2, 0.25) is 5.91 Å². The lowest BCUT2D eigenvalue weighted by Crippen LogP contribution is -2.41. The summed E-state index contributed by atoms with van der Waals surface area (Å²) in [5.74, 6) is 0.846. The summed E-state index contributed by atoms with van der Waals surface area (Å²) in [6, 6.07) is 8.73. The van der Waals surface area contributed by atoms with Crippen LogP contribution in [0.5, 0.6) is 0 Å². The maximum atomic E-state index is 12.3. The van der Waals surface area contributed by atoms with Gasteiger partial charge >= 0.3 is 0 Å². The van der Waals surface area contributed by atoms with Gasteiger partial charge in [-0.1, -0.05) is 30.0 Å². The van der Waals surface area contributed by atoms with Crippen molar-refractivity contribution in [3.05, 3.63) is 41.7 Å². The van der Waals surface area contributed by atoms with Crippen LogP contribution in [0.4, 0.5) is 0 Å². The Bertz CT molecular complexity index is 790. The van der Waals surface area contributed by atoms with Gasteiger partial charge in [0.25, 0.3) is 5.91 Å². The van der Waals surface area contributed by atoms with Gasteiger partial charge in [0.1, 0.15) is 0 Å². The van der Waals surface area contributed by atoms with Crippen molar-refractivity contribution in [3.63, 3.8) is 0 Å². The van der Waals surface area contributed by atoms with E-state index in [2.05, 4.69) is 15.5 Å². The number of nitrogens with one attached hydrogen (secondary N) is 1. The highest BCUT2D eigenvalue weighted by Crippen LogP contribution is 2.20. The molecule has 0 unspecified atom stereocenters. The molecule has 1 fully saturated rings. The number of carbonyl (C=O) groups is 2. The van der Waals surface area contributed by atoms with Crippen LogP contribution in [0.15, 0.2) is 35.5 Å². The molecule has 1 aliphatic heterocycles. The van der Waals surface area contributed by atoms with E-state index in [0.29, 0.717) is 48.6 Å². The number of nitrogens with zero attached hydrogens (tertiary/aromatic N) is 4. The Kier molecular flexibility index (Phi) is 6.46. The van der Waals surface area contributed by atoms with E-state index in [1.54, 1.807) is 17.0 Å². The third-order valence-electron chi connectivity index (χ3n) is 4.33. The molecule has 2 heterocycles. The predicted octanol–water partition coefficient (Wildman–Crippen LogP) is 1.26. The first-order valence-electron chi connectivity index (χ1n) is 8.80. The van der Waals surface area contributed by atoms with Crippen LogP contribution >= 0.6 is 11.8 Å². The van der Waals surface area contributed by atoms with Crippen LogP contribution in [0.25, 0.3) is 0 Å². The van der Waals surface area contributed by atoms with Crippen molar-refractivity contribution in [3.8, 4) is 0 Å². The van der Waals surface area contributed by atoms with Gasteiger partial charge in [-0.2, -0.15) is 0 Å². The lowest BCUT2D eigenvalue weighted by molar-refractivity contribution is -0.132. The molecule has 1 saturated heterocycles. The van der Waals surface area contributed by atoms with Crippen LogP contribution in [0.1, 0.15) is 29.1 Å². The van der Waals surface area contributed by atoms with Crippen LogP contribution < -0.4 is 5.32 Å². The van der Waals surface area contributed by atoms with Crippen molar-refractivity contribution in [1.29, 1.82) is 0 Å².